The van der Waals surface area contributed by atoms with Gasteiger partial charge in [-0.2, -0.15) is 0 Å². The van der Waals surface area contributed by atoms with Crippen molar-refractivity contribution in [2.24, 2.45) is 5.92 Å². The standard InChI is InChI=1S/C13H19FN2/c1-2-16-13(10-5-3-4-6-10)11-7-8-15-9-12(11)14/h7-10,13,16H,2-6H2,1H3. The summed E-state index contributed by atoms with van der Waals surface area (Å²) in [7, 11) is 0. The number of hydrogen-bond acceptors (Lipinski definition) is 2. The summed E-state index contributed by atoms with van der Waals surface area (Å²) in [5.74, 6) is 0.400. The minimum absolute atomic E-state index is 0.162. The van der Waals surface area contributed by atoms with Crippen molar-refractivity contribution >= 4 is 0 Å². The molecule has 1 aromatic heterocycles. The van der Waals surface area contributed by atoms with Gasteiger partial charge in [-0.3, -0.25) is 4.98 Å². The summed E-state index contributed by atoms with van der Waals surface area (Å²) < 4.78 is 13.7. The van der Waals surface area contributed by atoms with Crippen LogP contribution in [-0.2, 0) is 0 Å². The van der Waals surface area contributed by atoms with Crippen LogP contribution in [0.4, 0.5) is 4.39 Å². The summed E-state index contributed by atoms with van der Waals surface area (Å²) in [6.45, 7) is 2.95. The van der Waals surface area contributed by atoms with Gasteiger partial charge in [-0.05, 0) is 31.4 Å². The Morgan fingerprint density at radius 2 is 2.25 bits per heavy atom. The van der Waals surface area contributed by atoms with E-state index in [1.165, 1.54) is 31.9 Å². The summed E-state index contributed by atoms with van der Waals surface area (Å²) in [5, 5.41) is 3.41. The third-order valence-corrected chi connectivity index (χ3v) is 3.43. The normalized spacial score (nSPS) is 18.9. The number of pyridine rings is 1. The Hall–Kier alpha value is -0.960. The third-order valence-electron chi connectivity index (χ3n) is 3.43. The maximum absolute atomic E-state index is 13.7. The van der Waals surface area contributed by atoms with Crippen molar-refractivity contribution in [2.75, 3.05) is 6.54 Å². The Morgan fingerprint density at radius 3 is 2.88 bits per heavy atom. The molecule has 0 amide bonds. The highest BCUT2D eigenvalue weighted by Gasteiger charge is 2.27. The number of nitrogens with one attached hydrogen (secondary N) is 1. The fourth-order valence-corrected chi connectivity index (χ4v) is 2.68. The Balaban J connectivity index is 2.21. The molecular weight excluding hydrogens is 203 g/mol. The SMILES string of the molecule is CCNC(c1ccncc1F)C1CCCC1. The van der Waals surface area contributed by atoms with Gasteiger partial charge in [-0.1, -0.05) is 19.8 Å². The lowest BCUT2D eigenvalue weighted by Crippen LogP contribution is -2.27. The van der Waals surface area contributed by atoms with Crippen molar-refractivity contribution < 1.29 is 4.39 Å². The molecule has 1 aliphatic rings. The summed E-state index contributed by atoms with van der Waals surface area (Å²) in [4.78, 5) is 3.81. The second-order valence-electron chi connectivity index (χ2n) is 4.48. The van der Waals surface area contributed by atoms with Crippen LogP contribution in [0.5, 0.6) is 0 Å². The number of hydrogen-bond donors (Lipinski definition) is 1. The van der Waals surface area contributed by atoms with Crippen LogP contribution in [0.15, 0.2) is 18.5 Å². The number of rotatable bonds is 4. The van der Waals surface area contributed by atoms with E-state index in [0.717, 1.165) is 12.1 Å². The predicted octanol–water partition coefficient (Wildman–Crippen LogP) is 3.06. The molecule has 1 aliphatic carbocycles. The monoisotopic (exact) mass is 222 g/mol. The second kappa shape index (κ2) is 5.39. The molecule has 2 rings (SSSR count). The lowest BCUT2D eigenvalue weighted by Gasteiger charge is -2.24. The molecule has 1 N–H and O–H groups in total. The highest BCUT2D eigenvalue weighted by molar-refractivity contribution is 5.18. The molecule has 0 aliphatic heterocycles. The fourth-order valence-electron chi connectivity index (χ4n) is 2.68. The van der Waals surface area contributed by atoms with Crippen LogP contribution >= 0.6 is 0 Å². The fraction of sp³-hybridized carbons (Fsp3) is 0.615. The van der Waals surface area contributed by atoms with E-state index in [1.807, 2.05) is 0 Å². The van der Waals surface area contributed by atoms with E-state index < -0.39 is 0 Å². The van der Waals surface area contributed by atoms with Gasteiger partial charge in [0, 0.05) is 17.8 Å². The molecule has 3 heteroatoms. The van der Waals surface area contributed by atoms with Crippen LogP contribution in [0, 0.1) is 11.7 Å². The largest absolute Gasteiger partial charge is 0.310 e. The maximum atomic E-state index is 13.7. The minimum Gasteiger partial charge on any atom is -0.310 e. The molecule has 0 bridgehead atoms. The van der Waals surface area contributed by atoms with Gasteiger partial charge < -0.3 is 5.32 Å². The van der Waals surface area contributed by atoms with Gasteiger partial charge in [0.2, 0.25) is 0 Å². The van der Waals surface area contributed by atoms with Gasteiger partial charge in [0.15, 0.2) is 0 Å². The number of halogens is 1. The quantitative estimate of drug-likeness (QED) is 0.847. The predicted molar refractivity (Wildman–Crippen MR) is 62.6 cm³/mol. The van der Waals surface area contributed by atoms with E-state index in [1.54, 1.807) is 12.3 Å². The minimum atomic E-state index is -0.180. The van der Waals surface area contributed by atoms with Crippen LogP contribution in [0.2, 0.25) is 0 Å². The number of aromatic nitrogens is 1. The summed E-state index contributed by atoms with van der Waals surface area (Å²) >= 11 is 0. The molecule has 1 atom stereocenters. The zero-order chi connectivity index (χ0) is 11.4. The summed E-state index contributed by atoms with van der Waals surface area (Å²) in [5.41, 5.74) is 0.781. The van der Waals surface area contributed by atoms with Crippen LogP contribution in [0.25, 0.3) is 0 Å². The molecule has 1 heterocycles. The van der Waals surface area contributed by atoms with Gasteiger partial charge >= 0.3 is 0 Å². The summed E-state index contributed by atoms with van der Waals surface area (Å²) in [6, 6.07) is 1.97. The maximum Gasteiger partial charge on any atom is 0.146 e. The van der Waals surface area contributed by atoms with Crippen molar-refractivity contribution in [1.82, 2.24) is 10.3 Å². The lowest BCUT2D eigenvalue weighted by molar-refractivity contribution is 0.362. The average Bonchev–Trinajstić information content (AvgIpc) is 2.80. The Labute approximate surface area is 96.3 Å². The highest BCUT2D eigenvalue weighted by atomic mass is 19.1. The third kappa shape index (κ3) is 2.40. The van der Waals surface area contributed by atoms with Crippen LogP contribution in [-0.4, -0.2) is 11.5 Å². The molecule has 16 heavy (non-hydrogen) atoms. The van der Waals surface area contributed by atoms with Crippen LogP contribution in [0.3, 0.4) is 0 Å². The Morgan fingerprint density at radius 1 is 1.50 bits per heavy atom. The first-order valence-corrected chi connectivity index (χ1v) is 6.15. The van der Waals surface area contributed by atoms with Gasteiger partial charge in [0.1, 0.15) is 5.82 Å². The van der Waals surface area contributed by atoms with E-state index in [4.69, 9.17) is 0 Å². The highest BCUT2D eigenvalue weighted by Crippen LogP contribution is 2.36. The molecular formula is C13H19FN2. The van der Waals surface area contributed by atoms with Gasteiger partial charge in [0.25, 0.3) is 0 Å². The Kier molecular flexibility index (Phi) is 3.88. The molecule has 1 saturated carbocycles. The van der Waals surface area contributed by atoms with Crippen molar-refractivity contribution in [2.45, 2.75) is 38.6 Å². The van der Waals surface area contributed by atoms with Gasteiger partial charge in [0.05, 0.1) is 6.20 Å². The molecule has 88 valence electrons. The molecule has 0 spiro atoms. The molecule has 1 aromatic rings. The van der Waals surface area contributed by atoms with Crippen molar-refractivity contribution in [1.29, 1.82) is 0 Å². The van der Waals surface area contributed by atoms with E-state index in [-0.39, 0.29) is 11.9 Å². The molecule has 0 radical (unpaired) electrons. The van der Waals surface area contributed by atoms with E-state index >= 15 is 0 Å². The zero-order valence-electron chi connectivity index (χ0n) is 9.75. The molecule has 0 aromatic carbocycles. The summed E-state index contributed by atoms with van der Waals surface area (Å²) in [6.07, 6.45) is 7.96. The van der Waals surface area contributed by atoms with Gasteiger partial charge in [-0.15, -0.1) is 0 Å². The van der Waals surface area contributed by atoms with Crippen molar-refractivity contribution in [3.05, 3.63) is 29.8 Å². The van der Waals surface area contributed by atoms with Crippen molar-refractivity contribution in [3.63, 3.8) is 0 Å². The first-order chi connectivity index (χ1) is 7.83. The van der Waals surface area contributed by atoms with E-state index in [9.17, 15) is 4.39 Å². The smallest absolute Gasteiger partial charge is 0.146 e. The lowest BCUT2D eigenvalue weighted by atomic mass is 9.92. The van der Waals surface area contributed by atoms with E-state index in [2.05, 4.69) is 17.2 Å². The van der Waals surface area contributed by atoms with Crippen molar-refractivity contribution in [3.8, 4) is 0 Å². The second-order valence-corrected chi connectivity index (χ2v) is 4.48. The molecule has 1 fully saturated rings. The Bertz CT molecular complexity index is 334. The average molecular weight is 222 g/mol. The topological polar surface area (TPSA) is 24.9 Å². The van der Waals surface area contributed by atoms with Crippen LogP contribution in [0.1, 0.15) is 44.2 Å². The zero-order valence-corrected chi connectivity index (χ0v) is 9.75. The van der Waals surface area contributed by atoms with E-state index in [0.29, 0.717) is 5.92 Å². The first kappa shape index (κ1) is 11.5. The van der Waals surface area contributed by atoms with Crippen LogP contribution < -0.4 is 5.32 Å². The molecule has 2 nitrogen and oxygen atoms in total. The molecule has 0 saturated heterocycles. The first-order valence-electron chi connectivity index (χ1n) is 6.15. The molecule has 1 unspecified atom stereocenters. The van der Waals surface area contributed by atoms with Gasteiger partial charge in [-0.25, -0.2) is 4.39 Å². The number of nitrogens with zero attached hydrogens (tertiary/aromatic N) is 1.